The van der Waals surface area contributed by atoms with Gasteiger partial charge in [-0.1, -0.05) is 32.1 Å². The lowest BCUT2D eigenvalue weighted by Crippen LogP contribution is -2.23. The molecule has 0 unspecified atom stereocenters. The summed E-state index contributed by atoms with van der Waals surface area (Å²) < 4.78 is 0. The topological polar surface area (TPSA) is 38.3 Å². The molecule has 1 N–H and O–H groups in total. The maximum absolute atomic E-state index is 11.2. The van der Waals surface area contributed by atoms with Crippen LogP contribution in [0.1, 0.15) is 58.3 Å². The van der Waals surface area contributed by atoms with Crippen molar-refractivity contribution in [2.24, 2.45) is 5.92 Å². The van der Waals surface area contributed by atoms with Gasteiger partial charge in [-0.25, -0.2) is 5.48 Å². The second-order valence-corrected chi connectivity index (χ2v) is 4.35. The molecule has 3 nitrogen and oxygen atoms in total. The Morgan fingerprint density at radius 3 is 2.73 bits per heavy atom. The highest BCUT2D eigenvalue weighted by molar-refractivity contribution is 5.74. The Morgan fingerprint density at radius 1 is 1.33 bits per heavy atom. The lowest BCUT2D eigenvalue weighted by molar-refractivity contribution is -0.133. The van der Waals surface area contributed by atoms with Crippen LogP contribution in [0.25, 0.3) is 0 Å². The van der Waals surface area contributed by atoms with Crippen LogP contribution in [0.5, 0.6) is 0 Å². The molecule has 0 aromatic heterocycles. The second-order valence-electron chi connectivity index (χ2n) is 4.35. The minimum absolute atomic E-state index is 0.0210. The first-order valence-electron chi connectivity index (χ1n) is 6.23. The van der Waals surface area contributed by atoms with Gasteiger partial charge in [0.1, 0.15) is 0 Å². The van der Waals surface area contributed by atoms with Crippen LogP contribution < -0.4 is 5.48 Å². The predicted octanol–water partition coefficient (Wildman–Crippen LogP) is 2.80. The monoisotopic (exact) mass is 213 g/mol. The summed E-state index contributed by atoms with van der Waals surface area (Å²) in [5.41, 5.74) is 2.43. The van der Waals surface area contributed by atoms with Crippen molar-refractivity contribution >= 4 is 5.91 Å². The molecule has 1 aliphatic rings. The van der Waals surface area contributed by atoms with Gasteiger partial charge in [-0.15, -0.1) is 0 Å². The molecule has 0 aliphatic heterocycles. The highest BCUT2D eigenvalue weighted by Crippen LogP contribution is 2.27. The maximum Gasteiger partial charge on any atom is 0.243 e. The Hall–Kier alpha value is -0.570. The molecular weight excluding hydrogens is 190 g/mol. The van der Waals surface area contributed by atoms with E-state index in [1.807, 2.05) is 6.92 Å². The zero-order valence-electron chi connectivity index (χ0n) is 9.76. The highest BCUT2D eigenvalue weighted by atomic mass is 16.6. The summed E-state index contributed by atoms with van der Waals surface area (Å²) in [6.07, 6.45) is 9.73. The zero-order chi connectivity index (χ0) is 10.9. The van der Waals surface area contributed by atoms with Gasteiger partial charge in [-0.3, -0.25) is 9.63 Å². The summed E-state index contributed by atoms with van der Waals surface area (Å²) in [5, 5.41) is 0. The molecule has 0 aromatic carbocycles. The zero-order valence-corrected chi connectivity index (χ0v) is 9.76. The Kier molecular flexibility index (Phi) is 6.41. The van der Waals surface area contributed by atoms with Crippen molar-refractivity contribution in [3.63, 3.8) is 0 Å². The average Bonchev–Trinajstić information content (AvgIpc) is 2.28. The van der Waals surface area contributed by atoms with Gasteiger partial charge in [-0.2, -0.15) is 0 Å². The molecule has 0 bridgehead atoms. The third-order valence-corrected chi connectivity index (χ3v) is 3.07. The van der Waals surface area contributed by atoms with E-state index in [2.05, 4.69) is 5.48 Å². The smallest absolute Gasteiger partial charge is 0.243 e. The summed E-state index contributed by atoms with van der Waals surface area (Å²) >= 11 is 0. The van der Waals surface area contributed by atoms with Gasteiger partial charge in [0.25, 0.3) is 0 Å². The first kappa shape index (κ1) is 12.5. The first-order chi connectivity index (χ1) is 7.33. The molecule has 1 fully saturated rings. The number of carbonyl (C=O) groups is 1. The van der Waals surface area contributed by atoms with Gasteiger partial charge >= 0.3 is 0 Å². The average molecular weight is 213 g/mol. The fraction of sp³-hybridized carbons (Fsp3) is 0.917. The maximum atomic E-state index is 11.2. The van der Waals surface area contributed by atoms with E-state index < -0.39 is 0 Å². The highest BCUT2D eigenvalue weighted by Gasteiger charge is 2.13. The number of hydrogen-bond donors (Lipinski definition) is 1. The Balaban J connectivity index is 1.97. The quantitative estimate of drug-likeness (QED) is 0.689. The van der Waals surface area contributed by atoms with Crippen LogP contribution in [-0.2, 0) is 9.63 Å². The molecule has 3 heteroatoms. The lowest BCUT2D eigenvalue weighted by atomic mass is 9.86. The van der Waals surface area contributed by atoms with Crippen molar-refractivity contribution in [1.82, 2.24) is 5.48 Å². The Labute approximate surface area is 92.5 Å². The summed E-state index contributed by atoms with van der Waals surface area (Å²) in [7, 11) is 0. The van der Waals surface area contributed by atoms with E-state index in [0.717, 1.165) is 12.3 Å². The molecule has 0 aromatic rings. The summed E-state index contributed by atoms with van der Waals surface area (Å²) in [6, 6.07) is 0. The minimum atomic E-state index is 0.0210. The Morgan fingerprint density at radius 2 is 2.07 bits per heavy atom. The van der Waals surface area contributed by atoms with Crippen LogP contribution in [-0.4, -0.2) is 12.5 Å². The molecule has 0 atom stereocenters. The minimum Gasteiger partial charge on any atom is -0.274 e. The van der Waals surface area contributed by atoms with Crippen LogP contribution in [0.2, 0.25) is 0 Å². The molecule has 1 aliphatic carbocycles. The number of amides is 1. The first-order valence-corrected chi connectivity index (χ1v) is 6.23. The normalized spacial score (nSPS) is 17.7. The van der Waals surface area contributed by atoms with Gasteiger partial charge in [0.2, 0.25) is 5.91 Å². The third kappa shape index (κ3) is 5.78. The number of carbonyl (C=O) groups excluding carboxylic acids is 1. The van der Waals surface area contributed by atoms with Gasteiger partial charge < -0.3 is 0 Å². The van der Waals surface area contributed by atoms with Crippen molar-refractivity contribution in [2.75, 3.05) is 6.61 Å². The van der Waals surface area contributed by atoms with Crippen LogP contribution in [0, 0.1) is 5.92 Å². The summed E-state index contributed by atoms with van der Waals surface area (Å²) in [4.78, 5) is 16.0. The molecule has 0 radical (unpaired) electrons. The van der Waals surface area contributed by atoms with E-state index in [9.17, 15) is 4.79 Å². The van der Waals surface area contributed by atoms with Crippen molar-refractivity contribution in [2.45, 2.75) is 58.3 Å². The summed E-state index contributed by atoms with van der Waals surface area (Å²) in [6.45, 7) is 2.40. The molecule has 88 valence electrons. The molecule has 15 heavy (non-hydrogen) atoms. The molecule has 1 rings (SSSR count). The Bertz CT molecular complexity index is 176. The van der Waals surface area contributed by atoms with E-state index in [-0.39, 0.29) is 5.91 Å². The molecule has 1 amide bonds. The van der Waals surface area contributed by atoms with E-state index in [1.54, 1.807) is 0 Å². The van der Waals surface area contributed by atoms with Crippen LogP contribution in [0.3, 0.4) is 0 Å². The standard InChI is InChI=1S/C12H23NO2/c1-2-15-13-12(14)10-6-9-11-7-4-3-5-8-11/h11H,2-10H2,1H3,(H,13,14). The van der Waals surface area contributed by atoms with Crippen LogP contribution in [0.15, 0.2) is 0 Å². The SMILES string of the molecule is CCONC(=O)CCCC1CCCCC1. The fourth-order valence-corrected chi connectivity index (χ4v) is 2.23. The van der Waals surface area contributed by atoms with Gasteiger partial charge in [0.15, 0.2) is 0 Å². The molecule has 0 saturated heterocycles. The van der Waals surface area contributed by atoms with Crippen molar-refractivity contribution < 1.29 is 9.63 Å². The van der Waals surface area contributed by atoms with E-state index in [0.29, 0.717) is 13.0 Å². The van der Waals surface area contributed by atoms with Crippen molar-refractivity contribution in [1.29, 1.82) is 0 Å². The van der Waals surface area contributed by atoms with Crippen molar-refractivity contribution in [3.8, 4) is 0 Å². The molecule has 1 saturated carbocycles. The number of rotatable bonds is 6. The fourth-order valence-electron chi connectivity index (χ4n) is 2.23. The second kappa shape index (κ2) is 7.69. The molecule has 0 spiro atoms. The number of hydrogen-bond acceptors (Lipinski definition) is 2. The molecular formula is C12H23NO2. The number of nitrogens with one attached hydrogen (secondary N) is 1. The number of hydroxylamine groups is 1. The van der Waals surface area contributed by atoms with Crippen LogP contribution in [0.4, 0.5) is 0 Å². The lowest BCUT2D eigenvalue weighted by Gasteiger charge is -2.20. The van der Waals surface area contributed by atoms with Gasteiger partial charge in [0, 0.05) is 6.42 Å². The van der Waals surface area contributed by atoms with Gasteiger partial charge in [0.05, 0.1) is 6.61 Å². The van der Waals surface area contributed by atoms with E-state index >= 15 is 0 Å². The predicted molar refractivity (Wildman–Crippen MR) is 60.2 cm³/mol. The van der Waals surface area contributed by atoms with E-state index in [4.69, 9.17) is 4.84 Å². The summed E-state index contributed by atoms with van der Waals surface area (Å²) in [5.74, 6) is 0.895. The van der Waals surface area contributed by atoms with E-state index in [1.165, 1.54) is 38.5 Å². The third-order valence-electron chi connectivity index (χ3n) is 3.07. The van der Waals surface area contributed by atoms with Crippen LogP contribution >= 0.6 is 0 Å². The largest absolute Gasteiger partial charge is 0.274 e. The van der Waals surface area contributed by atoms with Gasteiger partial charge in [-0.05, 0) is 25.7 Å². The molecule has 0 heterocycles. The van der Waals surface area contributed by atoms with Crippen molar-refractivity contribution in [3.05, 3.63) is 0 Å².